The van der Waals surface area contributed by atoms with E-state index in [1.54, 1.807) is 0 Å². The Morgan fingerprint density at radius 3 is 2.95 bits per heavy atom. The molecule has 2 aliphatic heterocycles. The van der Waals surface area contributed by atoms with E-state index in [4.69, 9.17) is 14.7 Å². The van der Waals surface area contributed by atoms with Gasteiger partial charge in [0.15, 0.2) is 0 Å². The number of hydrogen-bond acceptors (Lipinski definition) is 6. The number of hydrogen-bond donors (Lipinski definition) is 1. The van der Waals surface area contributed by atoms with E-state index in [9.17, 15) is 0 Å². The first kappa shape index (κ1) is 15.4. The summed E-state index contributed by atoms with van der Waals surface area (Å²) in [5.41, 5.74) is 2.35. The van der Waals surface area contributed by atoms with Crippen molar-refractivity contribution in [2.75, 3.05) is 30.0 Å². The Labute approximate surface area is 135 Å². The smallest absolute Gasteiger partial charge is 0.145 e. The summed E-state index contributed by atoms with van der Waals surface area (Å²) in [5.74, 6) is 4.45. The minimum absolute atomic E-state index is 0.416. The lowest BCUT2D eigenvalue weighted by molar-refractivity contribution is 0.109. The molecular formula is C15H23N3OS2. The lowest BCUT2D eigenvalue weighted by atomic mass is 10.1. The van der Waals surface area contributed by atoms with Gasteiger partial charge in [-0.3, -0.25) is 0 Å². The lowest BCUT2D eigenvalue weighted by Crippen LogP contribution is -2.23. The number of fused-ring (bicyclic) bond motifs is 1. The second-order valence-electron chi connectivity index (χ2n) is 5.45. The molecule has 1 fully saturated rings. The largest absolute Gasteiger partial charge is 0.376 e. The van der Waals surface area contributed by atoms with Crippen molar-refractivity contribution in [2.24, 2.45) is 0 Å². The van der Waals surface area contributed by atoms with Crippen LogP contribution in [0.3, 0.4) is 0 Å². The van der Waals surface area contributed by atoms with Gasteiger partial charge in [0.1, 0.15) is 11.6 Å². The molecule has 2 atom stereocenters. The van der Waals surface area contributed by atoms with Gasteiger partial charge in [0.2, 0.25) is 0 Å². The van der Waals surface area contributed by atoms with Gasteiger partial charge in [-0.15, -0.1) is 11.8 Å². The molecule has 1 saturated heterocycles. The Kier molecular flexibility index (Phi) is 5.29. The van der Waals surface area contributed by atoms with Gasteiger partial charge in [-0.1, -0.05) is 13.8 Å². The zero-order valence-corrected chi connectivity index (χ0v) is 14.4. The molecule has 1 N–H and O–H groups in total. The number of aromatic nitrogens is 2. The number of nitrogens with one attached hydrogen (secondary N) is 1. The molecule has 0 bridgehead atoms. The number of nitrogens with zero attached hydrogens (tertiary/aromatic N) is 2. The zero-order chi connectivity index (χ0) is 14.7. The molecule has 2 unspecified atom stereocenters. The van der Waals surface area contributed by atoms with Crippen molar-refractivity contribution in [1.29, 1.82) is 0 Å². The molecule has 3 heterocycles. The van der Waals surface area contributed by atoms with Gasteiger partial charge in [-0.2, -0.15) is 11.8 Å². The van der Waals surface area contributed by atoms with E-state index >= 15 is 0 Å². The normalized spacial score (nSPS) is 25.4. The van der Waals surface area contributed by atoms with Crippen LogP contribution in [0.2, 0.25) is 0 Å². The SMILES string of the molecule is CCCNc1nc(C2SCCSC2C)nc2c1COCC2. The Balaban J connectivity index is 1.92. The Bertz CT molecular complexity index is 498. The van der Waals surface area contributed by atoms with E-state index < -0.39 is 0 Å². The summed E-state index contributed by atoms with van der Waals surface area (Å²) in [5, 5.41) is 4.47. The summed E-state index contributed by atoms with van der Waals surface area (Å²) in [6.07, 6.45) is 2.00. The molecule has 6 heteroatoms. The van der Waals surface area contributed by atoms with E-state index in [-0.39, 0.29) is 0 Å². The maximum absolute atomic E-state index is 5.59. The van der Waals surface area contributed by atoms with Gasteiger partial charge in [-0.05, 0) is 6.42 Å². The molecule has 0 aliphatic carbocycles. The van der Waals surface area contributed by atoms with E-state index in [1.807, 2.05) is 23.5 Å². The predicted octanol–water partition coefficient (Wildman–Crippen LogP) is 3.28. The highest BCUT2D eigenvalue weighted by Crippen LogP contribution is 2.41. The second-order valence-corrected chi connectivity index (χ2v) is 8.19. The molecule has 21 heavy (non-hydrogen) atoms. The van der Waals surface area contributed by atoms with Crippen molar-refractivity contribution in [3.8, 4) is 0 Å². The molecular weight excluding hydrogens is 302 g/mol. The third-order valence-corrected chi connectivity index (χ3v) is 6.91. The predicted molar refractivity (Wildman–Crippen MR) is 91.3 cm³/mol. The Hall–Kier alpha value is -0.460. The molecule has 0 radical (unpaired) electrons. The van der Waals surface area contributed by atoms with Crippen LogP contribution in [0.1, 0.15) is 42.6 Å². The zero-order valence-electron chi connectivity index (χ0n) is 12.7. The molecule has 2 aliphatic rings. The number of anilines is 1. The van der Waals surface area contributed by atoms with Crippen molar-refractivity contribution in [3.63, 3.8) is 0 Å². The van der Waals surface area contributed by atoms with Crippen LogP contribution in [0, 0.1) is 0 Å². The first-order valence-electron chi connectivity index (χ1n) is 7.74. The van der Waals surface area contributed by atoms with Gasteiger partial charge < -0.3 is 10.1 Å². The monoisotopic (exact) mass is 325 g/mol. The molecule has 3 rings (SSSR count). The molecule has 0 amide bonds. The fourth-order valence-corrected chi connectivity index (χ4v) is 5.37. The topological polar surface area (TPSA) is 47.0 Å². The molecule has 1 aromatic heterocycles. The Morgan fingerprint density at radius 1 is 1.29 bits per heavy atom. The van der Waals surface area contributed by atoms with Crippen LogP contribution in [-0.4, -0.2) is 39.9 Å². The van der Waals surface area contributed by atoms with Crippen LogP contribution < -0.4 is 5.32 Å². The summed E-state index contributed by atoms with van der Waals surface area (Å²) in [6.45, 7) is 6.84. The summed E-state index contributed by atoms with van der Waals surface area (Å²) >= 11 is 4.04. The van der Waals surface area contributed by atoms with Crippen LogP contribution in [-0.2, 0) is 17.8 Å². The maximum atomic E-state index is 5.59. The number of ether oxygens (including phenoxy) is 1. The quantitative estimate of drug-likeness (QED) is 0.917. The first-order valence-corrected chi connectivity index (χ1v) is 9.84. The third kappa shape index (κ3) is 3.48. The molecule has 0 aromatic carbocycles. The minimum Gasteiger partial charge on any atom is -0.376 e. The van der Waals surface area contributed by atoms with Crippen molar-refractivity contribution in [2.45, 2.75) is 43.8 Å². The van der Waals surface area contributed by atoms with Gasteiger partial charge in [0.05, 0.1) is 24.2 Å². The summed E-state index contributed by atoms with van der Waals surface area (Å²) in [6, 6.07) is 0. The van der Waals surface area contributed by atoms with Crippen LogP contribution >= 0.6 is 23.5 Å². The van der Waals surface area contributed by atoms with Crippen molar-refractivity contribution >= 4 is 29.3 Å². The van der Waals surface area contributed by atoms with E-state index in [2.05, 4.69) is 19.2 Å². The fourth-order valence-electron chi connectivity index (χ4n) is 2.68. The average molecular weight is 326 g/mol. The minimum atomic E-state index is 0.416. The molecule has 0 spiro atoms. The highest BCUT2D eigenvalue weighted by atomic mass is 32.2. The van der Waals surface area contributed by atoms with Gasteiger partial charge in [0, 0.05) is 35.3 Å². The van der Waals surface area contributed by atoms with Crippen LogP contribution in [0.15, 0.2) is 0 Å². The molecule has 4 nitrogen and oxygen atoms in total. The van der Waals surface area contributed by atoms with Gasteiger partial charge in [0.25, 0.3) is 0 Å². The maximum Gasteiger partial charge on any atom is 0.145 e. The van der Waals surface area contributed by atoms with E-state index in [1.165, 1.54) is 22.8 Å². The highest BCUT2D eigenvalue weighted by molar-refractivity contribution is 8.06. The number of thioether (sulfide) groups is 2. The molecule has 116 valence electrons. The molecule has 1 aromatic rings. The van der Waals surface area contributed by atoms with Crippen molar-refractivity contribution in [1.82, 2.24) is 9.97 Å². The molecule has 0 saturated carbocycles. The van der Waals surface area contributed by atoms with Crippen LogP contribution in [0.25, 0.3) is 0 Å². The van der Waals surface area contributed by atoms with Crippen molar-refractivity contribution in [3.05, 3.63) is 17.1 Å². The highest BCUT2D eigenvalue weighted by Gasteiger charge is 2.29. The van der Waals surface area contributed by atoms with E-state index in [0.717, 1.165) is 37.6 Å². The average Bonchev–Trinajstić information content (AvgIpc) is 2.53. The van der Waals surface area contributed by atoms with Gasteiger partial charge >= 0.3 is 0 Å². The number of rotatable bonds is 4. The van der Waals surface area contributed by atoms with Crippen LogP contribution in [0.5, 0.6) is 0 Å². The summed E-state index contributed by atoms with van der Waals surface area (Å²) in [4.78, 5) is 9.75. The fraction of sp³-hybridized carbons (Fsp3) is 0.733. The summed E-state index contributed by atoms with van der Waals surface area (Å²) in [7, 11) is 0. The third-order valence-electron chi connectivity index (χ3n) is 3.82. The van der Waals surface area contributed by atoms with Crippen molar-refractivity contribution < 1.29 is 4.74 Å². The van der Waals surface area contributed by atoms with Gasteiger partial charge in [-0.25, -0.2) is 9.97 Å². The van der Waals surface area contributed by atoms with Crippen LogP contribution in [0.4, 0.5) is 5.82 Å². The Morgan fingerprint density at radius 2 is 2.14 bits per heavy atom. The summed E-state index contributed by atoms with van der Waals surface area (Å²) < 4.78 is 5.59. The van der Waals surface area contributed by atoms with E-state index in [0.29, 0.717) is 17.1 Å². The lowest BCUT2D eigenvalue weighted by Gasteiger charge is -2.28. The standard InChI is InChI=1S/C15H23N3OS2/c1-3-5-16-14-11-9-19-6-4-12(11)17-15(18-14)13-10(2)20-7-8-21-13/h10,13H,3-9H2,1-2H3,(H,16,17,18). The first-order chi connectivity index (χ1) is 10.3. The second kappa shape index (κ2) is 7.20.